The molecule has 0 heterocycles. The zero-order valence-electron chi connectivity index (χ0n) is 30.9. The Bertz CT molecular complexity index is 2600. The molecular weight excluding hydrogens is 653 g/mol. The standard InChI is InChI=1S/C52H42N2/c1-37-13-12-20-45(33-37)54(46-29-26-40-14-10-11-15-41(40)35-46)44-27-23-38(24-28-44)21-22-39-25-31-48-49-32-30-47(36-51(49)52(2,3)50(48)34-39)53(42-16-6-4-7-17-42)43-18-8-5-9-19-43/h4-36H,1-3H3/b22-21+. The largest absolute Gasteiger partial charge is 0.310 e. The van der Waals surface area contributed by atoms with Crippen LogP contribution in [0.25, 0.3) is 34.1 Å². The van der Waals surface area contributed by atoms with Gasteiger partial charge in [0.15, 0.2) is 0 Å². The van der Waals surface area contributed by atoms with Crippen molar-refractivity contribution in [2.45, 2.75) is 26.2 Å². The SMILES string of the molecule is Cc1cccc(N(c2ccc(/C=C/c3ccc4c(c3)C(C)(C)c3cc(N(c5ccccc5)c5ccccc5)ccc3-4)cc2)c2ccc3ccccc3c2)c1. The van der Waals surface area contributed by atoms with Gasteiger partial charge in [0.25, 0.3) is 0 Å². The smallest absolute Gasteiger partial charge is 0.0468 e. The van der Waals surface area contributed by atoms with Crippen LogP contribution in [-0.4, -0.2) is 0 Å². The lowest BCUT2D eigenvalue weighted by Gasteiger charge is -2.28. The normalized spacial score (nSPS) is 12.8. The number of fused-ring (bicyclic) bond motifs is 4. The van der Waals surface area contributed by atoms with Gasteiger partial charge in [0.05, 0.1) is 0 Å². The van der Waals surface area contributed by atoms with Crippen molar-refractivity contribution in [2.75, 3.05) is 9.80 Å². The summed E-state index contributed by atoms with van der Waals surface area (Å²) >= 11 is 0. The van der Waals surface area contributed by atoms with Gasteiger partial charge in [-0.15, -0.1) is 0 Å². The van der Waals surface area contributed by atoms with Crippen LogP contribution in [0.5, 0.6) is 0 Å². The first kappa shape index (κ1) is 33.2. The molecular formula is C52H42N2. The number of anilines is 6. The highest BCUT2D eigenvalue weighted by atomic mass is 15.1. The average molecular weight is 695 g/mol. The highest BCUT2D eigenvalue weighted by molar-refractivity contribution is 5.90. The van der Waals surface area contributed by atoms with Crippen molar-refractivity contribution in [3.8, 4) is 11.1 Å². The minimum Gasteiger partial charge on any atom is -0.310 e. The Morgan fingerprint density at radius 1 is 0.370 bits per heavy atom. The van der Waals surface area contributed by atoms with E-state index in [1.54, 1.807) is 0 Å². The molecule has 0 aromatic heterocycles. The van der Waals surface area contributed by atoms with E-state index >= 15 is 0 Å². The monoisotopic (exact) mass is 694 g/mol. The molecule has 54 heavy (non-hydrogen) atoms. The third-order valence-electron chi connectivity index (χ3n) is 10.8. The van der Waals surface area contributed by atoms with E-state index in [0.717, 1.165) is 39.7 Å². The van der Waals surface area contributed by atoms with Crippen molar-refractivity contribution in [3.05, 3.63) is 216 Å². The van der Waals surface area contributed by atoms with Crippen molar-refractivity contribution in [1.82, 2.24) is 0 Å². The summed E-state index contributed by atoms with van der Waals surface area (Å²) in [6.07, 6.45) is 4.47. The number of benzene rings is 8. The maximum atomic E-state index is 2.39. The molecule has 1 aliphatic carbocycles. The van der Waals surface area contributed by atoms with Gasteiger partial charge in [0.1, 0.15) is 0 Å². The Balaban J connectivity index is 1.00. The fraction of sp³-hybridized carbons (Fsp3) is 0.0769. The Morgan fingerprint density at radius 2 is 0.852 bits per heavy atom. The third-order valence-corrected chi connectivity index (χ3v) is 10.8. The van der Waals surface area contributed by atoms with Gasteiger partial charge in [-0.25, -0.2) is 0 Å². The van der Waals surface area contributed by atoms with Crippen LogP contribution in [0.3, 0.4) is 0 Å². The van der Waals surface area contributed by atoms with Crippen molar-refractivity contribution in [2.24, 2.45) is 0 Å². The van der Waals surface area contributed by atoms with Gasteiger partial charge < -0.3 is 9.80 Å². The fourth-order valence-corrected chi connectivity index (χ4v) is 8.04. The Labute approximate surface area is 318 Å². The zero-order valence-corrected chi connectivity index (χ0v) is 30.9. The van der Waals surface area contributed by atoms with Crippen LogP contribution >= 0.6 is 0 Å². The van der Waals surface area contributed by atoms with Gasteiger partial charge in [0.2, 0.25) is 0 Å². The Kier molecular flexibility index (Phi) is 8.44. The third kappa shape index (κ3) is 6.16. The summed E-state index contributed by atoms with van der Waals surface area (Å²) in [5, 5.41) is 2.47. The van der Waals surface area contributed by atoms with E-state index < -0.39 is 0 Å². The number of aryl methyl sites for hydroxylation is 1. The molecule has 0 spiro atoms. The van der Waals surface area contributed by atoms with Gasteiger partial charge in [0, 0.05) is 39.5 Å². The molecule has 260 valence electrons. The molecule has 8 aromatic carbocycles. The lowest BCUT2D eigenvalue weighted by Crippen LogP contribution is -2.16. The summed E-state index contributed by atoms with van der Waals surface area (Å²) in [4.78, 5) is 4.69. The van der Waals surface area contributed by atoms with E-state index in [9.17, 15) is 0 Å². The number of para-hydroxylation sites is 2. The van der Waals surface area contributed by atoms with Crippen LogP contribution in [0.4, 0.5) is 34.1 Å². The van der Waals surface area contributed by atoms with Crippen LogP contribution < -0.4 is 9.80 Å². The van der Waals surface area contributed by atoms with E-state index in [1.165, 1.54) is 44.2 Å². The van der Waals surface area contributed by atoms with Crippen molar-refractivity contribution in [1.29, 1.82) is 0 Å². The molecule has 0 bridgehead atoms. The first-order chi connectivity index (χ1) is 26.4. The average Bonchev–Trinajstić information content (AvgIpc) is 3.43. The molecule has 8 aromatic rings. The predicted molar refractivity (Wildman–Crippen MR) is 231 cm³/mol. The Hall–Kier alpha value is -6.64. The van der Waals surface area contributed by atoms with Crippen LogP contribution in [0.15, 0.2) is 188 Å². The first-order valence-corrected chi connectivity index (χ1v) is 18.8. The van der Waals surface area contributed by atoms with Crippen LogP contribution in [0.1, 0.15) is 41.7 Å². The summed E-state index contributed by atoms with van der Waals surface area (Å²) < 4.78 is 0. The van der Waals surface area contributed by atoms with Gasteiger partial charge >= 0.3 is 0 Å². The van der Waals surface area contributed by atoms with Crippen LogP contribution in [0, 0.1) is 6.92 Å². The summed E-state index contributed by atoms with van der Waals surface area (Å²) in [5.41, 5.74) is 15.7. The number of hydrogen-bond donors (Lipinski definition) is 0. The first-order valence-electron chi connectivity index (χ1n) is 18.8. The van der Waals surface area contributed by atoms with E-state index in [-0.39, 0.29) is 5.41 Å². The Morgan fingerprint density at radius 3 is 1.56 bits per heavy atom. The topological polar surface area (TPSA) is 6.48 Å². The molecule has 0 fully saturated rings. The predicted octanol–water partition coefficient (Wildman–Crippen LogP) is 14.6. The molecule has 2 nitrogen and oxygen atoms in total. The minimum atomic E-state index is -0.146. The molecule has 0 saturated carbocycles. The van der Waals surface area contributed by atoms with Crippen LogP contribution in [-0.2, 0) is 5.41 Å². The molecule has 0 saturated heterocycles. The van der Waals surface area contributed by atoms with Crippen molar-refractivity contribution >= 4 is 57.0 Å². The fourth-order valence-electron chi connectivity index (χ4n) is 8.04. The van der Waals surface area contributed by atoms with Crippen LogP contribution in [0.2, 0.25) is 0 Å². The minimum absolute atomic E-state index is 0.146. The van der Waals surface area contributed by atoms with E-state index in [4.69, 9.17) is 0 Å². The maximum Gasteiger partial charge on any atom is 0.0468 e. The lowest BCUT2D eigenvalue weighted by atomic mass is 9.81. The summed E-state index contributed by atoms with van der Waals surface area (Å²) in [6.45, 7) is 6.87. The van der Waals surface area contributed by atoms with Gasteiger partial charge in [-0.3, -0.25) is 0 Å². The van der Waals surface area contributed by atoms with Crippen molar-refractivity contribution < 1.29 is 0 Å². The van der Waals surface area contributed by atoms with Gasteiger partial charge in [-0.1, -0.05) is 141 Å². The van der Waals surface area contributed by atoms with E-state index in [1.807, 2.05) is 0 Å². The quantitative estimate of drug-likeness (QED) is 0.146. The molecule has 9 rings (SSSR count). The number of hydrogen-bond acceptors (Lipinski definition) is 2. The molecule has 2 heteroatoms. The summed E-state index contributed by atoms with van der Waals surface area (Å²) in [6, 6.07) is 68.1. The second-order valence-electron chi connectivity index (χ2n) is 14.8. The zero-order chi connectivity index (χ0) is 36.6. The lowest BCUT2D eigenvalue weighted by molar-refractivity contribution is 0.660. The van der Waals surface area contributed by atoms with Gasteiger partial charge in [-0.2, -0.15) is 0 Å². The highest BCUT2D eigenvalue weighted by Crippen LogP contribution is 2.51. The molecule has 0 radical (unpaired) electrons. The second kappa shape index (κ2) is 13.7. The van der Waals surface area contributed by atoms with E-state index in [2.05, 4.69) is 231 Å². The number of rotatable bonds is 8. The summed E-state index contributed by atoms with van der Waals surface area (Å²) in [7, 11) is 0. The molecule has 1 aliphatic rings. The molecule has 0 amide bonds. The molecule has 0 unspecified atom stereocenters. The molecule has 0 aliphatic heterocycles. The van der Waals surface area contributed by atoms with E-state index in [0.29, 0.717) is 0 Å². The maximum absolute atomic E-state index is 2.39. The second-order valence-corrected chi connectivity index (χ2v) is 14.8. The van der Waals surface area contributed by atoms with Gasteiger partial charge in [-0.05, 0) is 129 Å². The highest BCUT2D eigenvalue weighted by Gasteiger charge is 2.36. The summed E-state index contributed by atoms with van der Waals surface area (Å²) in [5.74, 6) is 0. The van der Waals surface area contributed by atoms with Crippen molar-refractivity contribution in [3.63, 3.8) is 0 Å². The molecule has 0 N–H and O–H groups in total. The number of nitrogens with zero attached hydrogens (tertiary/aromatic N) is 2. The molecule has 0 atom stereocenters.